The van der Waals surface area contributed by atoms with Crippen molar-refractivity contribution >= 4 is 12.2 Å². The number of hydrogen-bond donors (Lipinski definition) is 2. The number of piperidine rings is 1. The average molecular weight is 364 g/mol. The molecule has 1 saturated heterocycles. The van der Waals surface area contributed by atoms with Gasteiger partial charge < -0.3 is 24.7 Å². The molecule has 1 aromatic rings. The second kappa shape index (κ2) is 9.43. The summed E-state index contributed by atoms with van der Waals surface area (Å²) in [5, 5.41) is 18.6. The number of amides is 2. The Labute approximate surface area is 154 Å². The van der Waals surface area contributed by atoms with Crippen LogP contribution in [0.4, 0.5) is 9.59 Å². The number of carbonyl (C=O) groups is 2. The van der Waals surface area contributed by atoms with Gasteiger partial charge in [-0.2, -0.15) is 0 Å². The molecule has 1 aliphatic heterocycles. The van der Waals surface area contributed by atoms with Crippen LogP contribution in [0, 0.1) is 0 Å². The number of nitrogens with zero attached hydrogens (tertiary/aromatic N) is 2. The minimum atomic E-state index is -1.02. The van der Waals surface area contributed by atoms with Crippen LogP contribution in [0.5, 0.6) is 0 Å². The monoisotopic (exact) mass is 364 g/mol. The molecule has 2 amide bonds. The summed E-state index contributed by atoms with van der Waals surface area (Å²) < 4.78 is 5.46. The first kappa shape index (κ1) is 20.0. The highest BCUT2D eigenvalue weighted by Crippen LogP contribution is 2.25. The van der Waals surface area contributed by atoms with Crippen molar-refractivity contribution in [3.63, 3.8) is 0 Å². The molecule has 7 nitrogen and oxygen atoms in total. The summed E-state index contributed by atoms with van der Waals surface area (Å²) in [5.41, 5.74) is 0.906. The van der Waals surface area contributed by atoms with E-state index in [1.54, 1.807) is 4.90 Å². The van der Waals surface area contributed by atoms with Gasteiger partial charge in [-0.25, -0.2) is 9.59 Å². The number of aliphatic hydroxyl groups is 1. The Morgan fingerprint density at radius 1 is 1.27 bits per heavy atom. The standard InChI is InChI=1S/C19H28N2O5/c1-14(2)21(19(25)26-13-15-6-4-3-5-7-15)17-9-8-16(10-11-22)20(12-17)18(23)24/h3-7,14,16-17,22H,8-13H2,1-2H3,(H,23,24). The molecule has 0 radical (unpaired) electrons. The third-order valence-electron chi connectivity index (χ3n) is 4.76. The molecule has 0 aromatic heterocycles. The lowest BCUT2D eigenvalue weighted by Gasteiger charge is -2.43. The summed E-state index contributed by atoms with van der Waals surface area (Å²) in [5.74, 6) is 0. The van der Waals surface area contributed by atoms with Crippen molar-refractivity contribution in [3.8, 4) is 0 Å². The first-order valence-electron chi connectivity index (χ1n) is 9.03. The largest absolute Gasteiger partial charge is 0.465 e. The molecule has 26 heavy (non-hydrogen) atoms. The van der Waals surface area contributed by atoms with Crippen molar-refractivity contribution in [2.45, 2.75) is 57.8 Å². The van der Waals surface area contributed by atoms with E-state index in [4.69, 9.17) is 9.84 Å². The molecule has 0 spiro atoms. The zero-order chi connectivity index (χ0) is 19.1. The molecule has 144 valence electrons. The van der Waals surface area contributed by atoms with Gasteiger partial charge in [-0.1, -0.05) is 30.3 Å². The normalized spacial score (nSPS) is 20.1. The van der Waals surface area contributed by atoms with E-state index >= 15 is 0 Å². The molecular weight excluding hydrogens is 336 g/mol. The second-order valence-corrected chi connectivity index (χ2v) is 6.87. The maximum atomic E-state index is 12.6. The number of carboxylic acid groups (broad SMARTS) is 1. The highest BCUT2D eigenvalue weighted by Gasteiger charge is 2.37. The highest BCUT2D eigenvalue weighted by molar-refractivity contribution is 5.69. The minimum Gasteiger partial charge on any atom is -0.465 e. The number of rotatable bonds is 6. The average Bonchev–Trinajstić information content (AvgIpc) is 2.62. The van der Waals surface area contributed by atoms with Gasteiger partial charge in [0.1, 0.15) is 6.61 Å². The zero-order valence-electron chi connectivity index (χ0n) is 15.4. The summed E-state index contributed by atoms with van der Waals surface area (Å²) in [6.45, 7) is 4.17. The molecule has 2 N–H and O–H groups in total. The summed E-state index contributed by atoms with van der Waals surface area (Å²) in [6.07, 6.45) is 0.271. The number of carbonyl (C=O) groups excluding carboxylic acids is 1. The van der Waals surface area contributed by atoms with Crippen molar-refractivity contribution in [1.82, 2.24) is 9.80 Å². The highest BCUT2D eigenvalue weighted by atomic mass is 16.6. The van der Waals surface area contributed by atoms with Crippen LogP contribution in [-0.2, 0) is 11.3 Å². The zero-order valence-corrected chi connectivity index (χ0v) is 15.4. The second-order valence-electron chi connectivity index (χ2n) is 6.87. The SMILES string of the molecule is CC(C)N(C(=O)OCc1ccccc1)C1CCC(CCO)N(C(=O)O)C1. The molecule has 7 heteroatoms. The van der Waals surface area contributed by atoms with E-state index in [-0.39, 0.29) is 37.9 Å². The lowest BCUT2D eigenvalue weighted by atomic mass is 9.95. The molecule has 2 rings (SSSR count). The van der Waals surface area contributed by atoms with Gasteiger partial charge in [0, 0.05) is 25.2 Å². The van der Waals surface area contributed by atoms with Gasteiger partial charge in [-0.3, -0.25) is 0 Å². The van der Waals surface area contributed by atoms with Gasteiger partial charge in [-0.05, 0) is 38.7 Å². The van der Waals surface area contributed by atoms with E-state index in [1.165, 1.54) is 4.90 Å². The van der Waals surface area contributed by atoms with Crippen LogP contribution < -0.4 is 0 Å². The number of benzene rings is 1. The van der Waals surface area contributed by atoms with E-state index < -0.39 is 12.2 Å². The Bertz CT molecular complexity index is 593. The minimum absolute atomic E-state index is 0.0495. The Balaban J connectivity index is 2.03. The van der Waals surface area contributed by atoms with Crippen LogP contribution in [0.3, 0.4) is 0 Å². The molecule has 2 unspecified atom stereocenters. The quantitative estimate of drug-likeness (QED) is 0.810. The van der Waals surface area contributed by atoms with E-state index in [2.05, 4.69) is 0 Å². The lowest BCUT2D eigenvalue weighted by Crippen LogP contribution is -2.56. The number of ether oxygens (including phenoxy) is 1. The summed E-state index contributed by atoms with van der Waals surface area (Å²) >= 11 is 0. The first-order chi connectivity index (χ1) is 12.4. The molecule has 0 saturated carbocycles. The van der Waals surface area contributed by atoms with Gasteiger partial charge >= 0.3 is 12.2 Å². The van der Waals surface area contributed by atoms with E-state index in [0.29, 0.717) is 19.3 Å². The van der Waals surface area contributed by atoms with Gasteiger partial charge in [-0.15, -0.1) is 0 Å². The molecular formula is C19H28N2O5. The van der Waals surface area contributed by atoms with Crippen molar-refractivity contribution in [1.29, 1.82) is 0 Å². The van der Waals surface area contributed by atoms with Crippen LogP contribution in [0.25, 0.3) is 0 Å². The maximum absolute atomic E-state index is 12.6. The fourth-order valence-corrected chi connectivity index (χ4v) is 3.49. The van der Waals surface area contributed by atoms with E-state index in [9.17, 15) is 14.7 Å². The van der Waals surface area contributed by atoms with Crippen LogP contribution in [0.2, 0.25) is 0 Å². The summed E-state index contributed by atoms with van der Waals surface area (Å²) in [7, 11) is 0. The fraction of sp³-hybridized carbons (Fsp3) is 0.579. The predicted octanol–water partition coefficient (Wildman–Crippen LogP) is 2.93. The Morgan fingerprint density at radius 3 is 2.54 bits per heavy atom. The Hall–Kier alpha value is -2.28. The van der Waals surface area contributed by atoms with E-state index in [0.717, 1.165) is 5.56 Å². The molecule has 2 atom stereocenters. The van der Waals surface area contributed by atoms with Crippen molar-refractivity contribution in [2.24, 2.45) is 0 Å². The van der Waals surface area contributed by atoms with Gasteiger partial charge in [0.25, 0.3) is 0 Å². The van der Waals surface area contributed by atoms with Crippen LogP contribution >= 0.6 is 0 Å². The van der Waals surface area contributed by atoms with Gasteiger partial charge in [0.05, 0.1) is 6.04 Å². The van der Waals surface area contributed by atoms with E-state index in [1.807, 2.05) is 44.2 Å². The molecule has 1 fully saturated rings. The number of hydrogen-bond acceptors (Lipinski definition) is 4. The van der Waals surface area contributed by atoms with Crippen LogP contribution in [0.15, 0.2) is 30.3 Å². The van der Waals surface area contributed by atoms with Crippen molar-refractivity contribution in [3.05, 3.63) is 35.9 Å². The van der Waals surface area contributed by atoms with Crippen LogP contribution in [-0.4, -0.2) is 63.5 Å². The third kappa shape index (κ3) is 5.11. The first-order valence-corrected chi connectivity index (χ1v) is 9.03. The summed E-state index contributed by atoms with van der Waals surface area (Å²) in [4.78, 5) is 27.2. The predicted molar refractivity (Wildman–Crippen MR) is 96.8 cm³/mol. The molecule has 0 bridgehead atoms. The summed E-state index contributed by atoms with van der Waals surface area (Å²) in [6, 6.07) is 8.91. The Kier molecular flexibility index (Phi) is 7.26. The molecule has 1 heterocycles. The number of likely N-dealkylation sites (tertiary alicyclic amines) is 1. The lowest BCUT2D eigenvalue weighted by molar-refractivity contribution is 0.0242. The Morgan fingerprint density at radius 2 is 1.96 bits per heavy atom. The fourth-order valence-electron chi connectivity index (χ4n) is 3.49. The molecule has 0 aliphatic carbocycles. The number of aliphatic hydroxyl groups excluding tert-OH is 1. The topological polar surface area (TPSA) is 90.3 Å². The third-order valence-corrected chi connectivity index (χ3v) is 4.76. The van der Waals surface area contributed by atoms with Gasteiger partial charge in [0.15, 0.2) is 0 Å². The maximum Gasteiger partial charge on any atom is 0.410 e. The molecule has 1 aromatic carbocycles. The van der Waals surface area contributed by atoms with Crippen molar-refractivity contribution < 1.29 is 24.5 Å². The van der Waals surface area contributed by atoms with Crippen molar-refractivity contribution in [2.75, 3.05) is 13.2 Å². The molecule has 1 aliphatic rings. The van der Waals surface area contributed by atoms with Crippen LogP contribution in [0.1, 0.15) is 38.7 Å². The van der Waals surface area contributed by atoms with Gasteiger partial charge in [0.2, 0.25) is 0 Å². The smallest absolute Gasteiger partial charge is 0.410 e.